The van der Waals surface area contributed by atoms with Gasteiger partial charge in [-0.15, -0.1) is 0 Å². The Balaban J connectivity index is 2.06. The van der Waals surface area contributed by atoms with Crippen LogP contribution in [-0.2, 0) is 12.8 Å². The second-order valence-electron chi connectivity index (χ2n) is 6.07. The predicted octanol–water partition coefficient (Wildman–Crippen LogP) is 6.28. The van der Waals surface area contributed by atoms with E-state index in [1.165, 1.54) is 68.9 Å². The summed E-state index contributed by atoms with van der Waals surface area (Å²) >= 11 is 0. The Hall–Kier alpha value is -1.22. The molecule has 0 N–H and O–H groups in total. The highest BCUT2D eigenvalue weighted by Gasteiger charge is 1.96. The van der Waals surface area contributed by atoms with Crippen molar-refractivity contribution in [1.82, 2.24) is 0 Å². The van der Waals surface area contributed by atoms with Crippen LogP contribution >= 0.6 is 0 Å². The number of benzene rings is 1. The fourth-order valence-electron chi connectivity index (χ4n) is 2.72. The first-order chi connectivity index (χ1) is 10.4. The van der Waals surface area contributed by atoms with Crippen molar-refractivity contribution in [2.75, 3.05) is 0 Å². The average Bonchev–Trinajstić information content (AvgIpc) is 2.52. The molecule has 0 heteroatoms. The number of rotatable bonds is 12. The zero-order valence-electron chi connectivity index (χ0n) is 13.8. The van der Waals surface area contributed by atoms with Gasteiger partial charge in [-0.25, -0.2) is 0 Å². The van der Waals surface area contributed by atoms with Crippen LogP contribution in [-0.4, -0.2) is 0 Å². The molecule has 0 aliphatic rings. The van der Waals surface area contributed by atoms with Crippen LogP contribution in [0, 0.1) is 12.3 Å². The van der Waals surface area contributed by atoms with E-state index in [4.69, 9.17) is 6.42 Å². The van der Waals surface area contributed by atoms with Gasteiger partial charge in [-0.1, -0.05) is 82.1 Å². The Kier molecular flexibility index (Phi) is 10.6. The normalized spacial score (nSPS) is 10.5. The Morgan fingerprint density at radius 3 is 1.71 bits per heavy atom. The van der Waals surface area contributed by atoms with Crippen molar-refractivity contribution in [2.24, 2.45) is 0 Å². The van der Waals surface area contributed by atoms with E-state index in [0.29, 0.717) is 0 Å². The minimum atomic E-state index is 0.778. The molecule has 0 bridgehead atoms. The Morgan fingerprint density at radius 1 is 0.714 bits per heavy atom. The first-order valence-electron chi connectivity index (χ1n) is 8.84. The molecule has 0 atom stereocenters. The summed E-state index contributed by atoms with van der Waals surface area (Å²) in [5, 5.41) is 0. The topological polar surface area (TPSA) is 0 Å². The molecule has 0 saturated carbocycles. The van der Waals surface area contributed by atoms with E-state index in [-0.39, 0.29) is 0 Å². The number of hydrogen-bond donors (Lipinski definition) is 0. The highest BCUT2D eigenvalue weighted by molar-refractivity contribution is 5.22. The molecule has 0 amide bonds. The number of aryl methyl sites for hydroxylation is 2. The van der Waals surface area contributed by atoms with Crippen molar-refractivity contribution in [3.05, 3.63) is 41.8 Å². The van der Waals surface area contributed by atoms with Crippen LogP contribution in [0.5, 0.6) is 0 Å². The monoisotopic (exact) mass is 283 g/mol. The van der Waals surface area contributed by atoms with Gasteiger partial charge in [-0.05, 0) is 43.2 Å². The first kappa shape index (κ1) is 17.8. The van der Waals surface area contributed by atoms with Gasteiger partial charge in [0.05, 0.1) is 0 Å². The van der Waals surface area contributed by atoms with Crippen molar-refractivity contribution in [1.29, 1.82) is 0 Å². The molecular formula is C21H31. The number of unbranched alkanes of at least 4 members (excludes halogenated alkanes) is 8. The predicted molar refractivity (Wildman–Crippen MR) is 92.8 cm³/mol. The third-order valence-corrected chi connectivity index (χ3v) is 4.11. The first-order valence-corrected chi connectivity index (χ1v) is 8.84. The molecule has 0 aliphatic heterocycles. The highest BCUT2D eigenvalue weighted by Crippen LogP contribution is 2.13. The smallest absolute Gasteiger partial charge is 0.0102 e. The molecule has 0 fully saturated rings. The van der Waals surface area contributed by atoms with Crippen LogP contribution in [0.1, 0.15) is 82.3 Å². The van der Waals surface area contributed by atoms with E-state index in [1.807, 2.05) is 0 Å². The van der Waals surface area contributed by atoms with Crippen LogP contribution < -0.4 is 0 Å². The summed E-state index contributed by atoms with van der Waals surface area (Å²) in [7, 11) is 0. The van der Waals surface area contributed by atoms with Gasteiger partial charge in [0.25, 0.3) is 0 Å². The molecule has 21 heavy (non-hydrogen) atoms. The zero-order chi connectivity index (χ0) is 15.2. The van der Waals surface area contributed by atoms with Crippen molar-refractivity contribution < 1.29 is 0 Å². The summed E-state index contributed by atoms with van der Waals surface area (Å²) in [5.41, 5.74) is 2.87. The van der Waals surface area contributed by atoms with Gasteiger partial charge in [0.2, 0.25) is 0 Å². The van der Waals surface area contributed by atoms with E-state index < -0.39 is 0 Å². The van der Waals surface area contributed by atoms with Gasteiger partial charge in [0, 0.05) is 6.42 Å². The lowest BCUT2D eigenvalue weighted by atomic mass is 10.0. The molecule has 115 valence electrons. The molecule has 1 rings (SSSR count). The largest absolute Gasteiger partial charge is 0.0891 e. The lowest BCUT2D eigenvalue weighted by molar-refractivity contribution is 0.575. The van der Waals surface area contributed by atoms with E-state index in [9.17, 15) is 0 Å². The molecule has 1 radical (unpaired) electrons. The third kappa shape index (κ3) is 9.35. The van der Waals surface area contributed by atoms with E-state index >= 15 is 0 Å². The van der Waals surface area contributed by atoms with Gasteiger partial charge in [0.1, 0.15) is 0 Å². The molecular weight excluding hydrogens is 252 g/mol. The maximum Gasteiger partial charge on any atom is 0.0102 e. The van der Waals surface area contributed by atoms with Gasteiger partial charge in [0.15, 0.2) is 0 Å². The van der Waals surface area contributed by atoms with Crippen molar-refractivity contribution in [3.63, 3.8) is 0 Å². The summed E-state index contributed by atoms with van der Waals surface area (Å²) < 4.78 is 0. The SMILES string of the molecule is [C]#CCCCc1ccc(CCCCCCCCCC)cc1. The summed E-state index contributed by atoms with van der Waals surface area (Å²) in [6.45, 7) is 2.28. The second kappa shape index (κ2) is 12.5. The summed E-state index contributed by atoms with van der Waals surface area (Å²) in [5.74, 6) is 2.46. The molecule has 0 saturated heterocycles. The molecule has 0 heterocycles. The van der Waals surface area contributed by atoms with Crippen molar-refractivity contribution in [2.45, 2.75) is 84.0 Å². The van der Waals surface area contributed by atoms with E-state index in [0.717, 1.165) is 19.3 Å². The van der Waals surface area contributed by atoms with Gasteiger partial charge < -0.3 is 0 Å². The minimum Gasteiger partial charge on any atom is -0.0891 e. The lowest BCUT2D eigenvalue weighted by Gasteiger charge is -2.04. The zero-order valence-corrected chi connectivity index (χ0v) is 13.8. The maximum absolute atomic E-state index is 6.91. The maximum atomic E-state index is 6.91. The number of hydrogen-bond acceptors (Lipinski definition) is 0. The molecule has 1 aromatic rings. The minimum absolute atomic E-state index is 0.778. The Bertz CT molecular complexity index is 379. The lowest BCUT2D eigenvalue weighted by Crippen LogP contribution is -1.89. The van der Waals surface area contributed by atoms with Crippen molar-refractivity contribution >= 4 is 0 Å². The fourth-order valence-corrected chi connectivity index (χ4v) is 2.72. The Labute approximate surface area is 132 Å². The summed E-state index contributed by atoms with van der Waals surface area (Å²) in [6, 6.07) is 9.07. The van der Waals surface area contributed by atoms with Crippen LogP contribution in [0.2, 0.25) is 0 Å². The van der Waals surface area contributed by atoms with Crippen LogP contribution in [0.25, 0.3) is 0 Å². The fraction of sp³-hybridized carbons (Fsp3) is 0.619. The molecule has 1 aromatic carbocycles. The average molecular weight is 283 g/mol. The molecule has 0 aliphatic carbocycles. The summed E-state index contributed by atoms with van der Waals surface area (Å²) in [6.07, 6.45) is 22.2. The van der Waals surface area contributed by atoms with E-state index in [1.54, 1.807) is 0 Å². The van der Waals surface area contributed by atoms with Gasteiger partial charge in [-0.2, -0.15) is 0 Å². The van der Waals surface area contributed by atoms with E-state index in [2.05, 4.69) is 37.1 Å². The quantitative estimate of drug-likeness (QED) is 0.313. The molecule has 0 spiro atoms. The third-order valence-electron chi connectivity index (χ3n) is 4.11. The van der Waals surface area contributed by atoms with Crippen LogP contribution in [0.15, 0.2) is 24.3 Å². The summed E-state index contributed by atoms with van der Waals surface area (Å²) in [4.78, 5) is 0. The molecule has 0 aromatic heterocycles. The highest BCUT2D eigenvalue weighted by atomic mass is 14.0. The molecule has 0 nitrogen and oxygen atoms in total. The standard InChI is InChI=1S/C21H31/c1-3-5-7-8-9-10-11-13-15-21-18-16-20(17-19-21)14-12-6-4-2/h16-19H,3,5-15H2,1H3. The van der Waals surface area contributed by atoms with Crippen molar-refractivity contribution in [3.8, 4) is 5.92 Å². The van der Waals surface area contributed by atoms with Crippen LogP contribution in [0.4, 0.5) is 0 Å². The second-order valence-corrected chi connectivity index (χ2v) is 6.07. The van der Waals surface area contributed by atoms with Gasteiger partial charge in [-0.3, -0.25) is 0 Å². The molecule has 0 unspecified atom stereocenters. The Morgan fingerprint density at radius 2 is 1.19 bits per heavy atom. The van der Waals surface area contributed by atoms with Gasteiger partial charge >= 0.3 is 0 Å². The van der Waals surface area contributed by atoms with Crippen LogP contribution in [0.3, 0.4) is 0 Å².